The summed E-state index contributed by atoms with van der Waals surface area (Å²) in [5.41, 5.74) is 4.54. The van der Waals surface area contributed by atoms with E-state index in [0.717, 1.165) is 34.4 Å². The van der Waals surface area contributed by atoms with Gasteiger partial charge in [-0.1, -0.05) is 79.8 Å². The smallest absolute Gasteiger partial charge is 0.344 e. The van der Waals surface area contributed by atoms with Gasteiger partial charge in [-0.15, -0.1) is 0 Å². The van der Waals surface area contributed by atoms with Gasteiger partial charge in [-0.25, -0.2) is 9.59 Å². The fraction of sp³-hybridized carbons (Fsp3) is 0.243. The first-order valence-corrected chi connectivity index (χ1v) is 14.4. The van der Waals surface area contributed by atoms with Crippen molar-refractivity contribution in [3.05, 3.63) is 125 Å². The van der Waals surface area contributed by atoms with Crippen LogP contribution in [0.3, 0.4) is 0 Å². The SMILES string of the molecule is C=C(C)C(=O)OCCC.CC(C)=CCOC(=O)COc1ccc(COc2ccc(C=CC=Cc3cccc(O)c3)cc2)cc1. The molecule has 0 bridgehead atoms. The second kappa shape index (κ2) is 20.0. The van der Waals surface area contributed by atoms with E-state index in [0.29, 0.717) is 24.5 Å². The van der Waals surface area contributed by atoms with E-state index in [9.17, 15) is 14.7 Å². The van der Waals surface area contributed by atoms with Gasteiger partial charge < -0.3 is 24.1 Å². The van der Waals surface area contributed by atoms with Crippen LogP contribution in [0, 0.1) is 0 Å². The Balaban J connectivity index is 0.000000651. The van der Waals surface area contributed by atoms with E-state index < -0.39 is 5.97 Å². The minimum Gasteiger partial charge on any atom is -0.508 e. The lowest BCUT2D eigenvalue weighted by molar-refractivity contribution is -0.144. The molecule has 0 unspecified atom stereocenters. The Hall–Kier alpha value is -5.04. The number of allylic oxidation sites excluding steroid dienone is 3. The molecule has 0 amide bonds. The van der Waals surface area contributed by atoms with Crippen LogP contribution in [0.25, 0.3) is 12.2 Å². The lowest BCUT2D eigenvalue weighted by Crippen LogP contribution is -2.15. The number of benzene rings is 3. The lowest BCUT2D eigenvalue weighted by atomic mass is 10.1. The molecule has 7 heteroatoms. The Morgan fingerprint density at radius 1 is 0.818 bits per heavy atom. The van der Waals surface area contributed by atoms with Crippen LogP contribution in [0.15, 0.2) is 109 Å². The first kappa shape index (κ1) is 35.2. The van der Waals surface area contributed by atoms with Crippen molar-refractivity contribution in [2.24, 2.45) is 0 Å². The third-order valence-electron chi connectivity index (χ3n) is 5.65. The standard InChI is InChI=1S/C30H30O5.C7H12O2/c1-23(2)18-19-33-30(32)22-35-29-16-12-26(13-17-29)21-34-28-14-10-24(11-15-28)6-3-4-7-25-8-5-9-27(31)20-25;1-4-5-9-7(8)6(2)3/h3-18,20,31H,19,21-22H2,1-2H3;2,4-5H2,1,3H3. The molecule has 232 valence electrons. The summed E-state index contributed by atoms with van der Waals surface area (Å²) in [5.74, 6) is 0.931. The number of hydrogen-bond donors (Lipinski definition) is 1. The Morgan fingerprint density at radius 2 is 1.45 bits per heavy atom. The van der Waals surface area contributed by atoms with E-state index in [-0.39, 0.29) is 24.9 Å². The number of carbonyl (C=O) groups excluding carboxylic acids is 2. The number of ether oxygens (including phenoxy) is 4. The molecule has 0 fully saturated rings. The molecule has 0 saturated heterocycles. The zero-order chi connectivity index (χ0) is 32.2. The summed E-state index contributed by atoms with van der Waals surface area (Å²) < 4.78 is 21.1. The van der Waals surface area contributed by atoms with Gasteiger partial charge in [0.15, 0.2) is 6.61 Å². The molecule has 0 aliphatic heterocycles. The van der Waals surface area contributed by atoms with E-state index in [4.69, 9.17) is 18.9 Å². The fourth-order valence-electron chi connectivity index (χ4n) is 3.29. The largest absolute Gasteiger partial charge is 0.508 e. The summed E-state index contributed by atoms with van der Waals surface area (Å²) >= 11 is 0. The lowest BCUT2D eigenvalue weighted by Gasteiger charge is -2.09. The van der Waals surface area contributed by atoms with Crippen LogP contribution in [0.4, 0.5) is 0 Å². The highest BCUT2D eigenvalue weighted by Gasteiger charge is 2.04. The topological polar surface area (TPSA) is 91.3 Å². The summed E-state index contributed by atoms with van der Waals surface area (Å²) in [6, 6.07) is 22.3. The van der Waals surface area contributed by atoms with Gasteiger partial charge in [-0.05, 0) is 86.4 Å². The van der Waals surface area contributed by atoms with Crippen LogP contribution in [-0.2, 0) is 25.7 Å². The molecule has 3 aromatic carbocycles. The molecule has 0 atom stereocenters. The minimum absolute atomic E-state index is 0.126. The molecule has 0 saturated carbocycles. The average Bonchev–Trinajstić information content (AvgIpc) is 3.01. The third-order valence-corrected chi connectivity index (χ3v) is 5.65. The van der Waals surface area contributed by atoms with E-state index in [1.807, 2.05) is 99.7 Å². The predicted molar refractivity (Wildman–Crippen MR) is 175 cm³/mol. The summed E-state index contributed by atoms with van der Waals surface area (Å²) in [6.07, 6.45) is 10.5. The number of phenolic OH excluding ortho intramolecular Hbond substituents is 1. The molecule has 0 aliphatic rings. The van der Waals surface area contributed by atoms with Crippen molar-refractivity contribution in [2.45, 2.75) is 40.7 Å². The summed E-state index contributed by atoms with van der Waals surface area (Å²) in [5, 5.41) is 9.49. The van der Waals surface area contributed by atoms with Gasteiger partial charge in [0.2, 0.25) is 0 Å². The van der Waals surface area contributed by atoms with Crippen molar-refractivity contribution < 1.29 is 33.6 Å². The number of aromatic hydroxyl groups is 1. The number of hydrogen-bond acceptors (Lipinski definition) is 7. The molecule has 44 heavy (non-hydrogen) atoms. The van der Waals surface area contributed by atoms with Crippen LogP contribution in [0.2, 0.25) is 0 Å². The summed E-state index contributed by atoms with van der Waals surface area (Å²) in [4.78, 5) is 22.3. The first-order valence-electron chi connectivity index (χ1n) is 14.4. The fourth-order valence-corrected chi connectivity index (χ4v) is 3.29. The van der Waals surface area contributed by atoms with Gasteiger partial charge >= 0.3 is 11.9 Å². The maximum absolute atomic E-state index is 11.7. The van der Waals surface area contributed by atoms with Crippen molar-refractivity contribution in [1.29, 1.82) is 0 Å². The van der Waals surface area contributed by atoms with Crippen molar-refractivity contribution in [3.63, 3.8) is 0 Å². The summed E-state index contributed by atoms with van der Waals surface area (Å²) in [6.45, 7) is 12.0. The minimum atomic E-state index is -0.402. The predicted octanol–water partition coefficient (Wildman–Crippen LogP) is 8.10. The normalized spacial score (nSPS) is 10.5. The Bertz CT molecular complexity index is 1410. The molecular formula is C37H42O7. The van der Waals surface area contributed by atoms with Gasteiger partial charge in [-0.3, -0.25) is 0 Å². The molecule has 3 aromatic rings. The Kier molecular flexibility index (Phi) is 16.0. The first-order chi connectivity index (χ1) is 21.2. The van der Waals surface area contributed by atoms with Crippen LogP contribution in [-0.4, -0.2) is 36.9 Å². The van der Waals surface area contributed by atoms with Crippen LogP contribution >= 0.6 is 0 Å². The van der Waals surface area contributed by atoms with Gasteiger partial charge in [0.25, 0.3) is 0 Å². The molecule has 1 N–H and O–H groups in total. The van der Waals surface area contributed by atoms with Gasteiger partial charge in [0.05, 0.1) is 6.61 Å². The number of carbonyl (C=O) groups is 2. The van der Waals surface area contributed by atoms with Gasteiger partial charge in [-0.2, -0.15) is 0 Å². The van der Waals surface area contributed by atoms with E-state index in [1.165, 1.54) is 0 Å². The molecule has 0 aliphatic carbocycles. The number of rotatable bonds is 14. The molecular weight excluding hydrogens is 556 g/mol. The highest BCUT2D eigenvalue weighted by molar-refractivity contribution is 5.86. The van der Waals surface area contributed by atoms with E-state index in [1.54, 1.807) is 31.2 Å². The Morgan fingerprint density at radius 3 is 2.07 bits per heavy atom. The monoisotopic (exact) mass is 598 g/mol. The van der Waals surface area contributed by atoms with Crippen molar-refractivity contribution >= 4 is 24.1 Å². The quantitative estimate of drug-likeness (QED) is 0.0868. The van der Waals surface area contributed by atoms with Gasteiger partial charge in [0, 0.05) is 5.57 Å². The van der Waals surface area contributed by atoms with Gasteiger partial charge in [0.1, 0.15) is 30.5 Å². The zero-order valence-electron chi connectivity index (χ0n) is 26.0. The maximum Gasteiger partial charge on any atom is 0.344 e. The molecule has 0 radical (unpaired) electrons. The Labute approximate surface area is 260 Å². The number of phenols is 1. The second-order valence-corrected chi connectivity index (χ2v) is 9.98. The maximum atomic E-state index is 11.7. The zero-order valence-corrected chi connectivity index (χ0v) is 26.0. The molecule has 0 spiro atoms. The van der Waals surface area contributed by atoms with Crippen molar-refractivity contribution in [3.8, 4) is 17.2 Å². The molecule has 3 rings (SSSR count). The van der Waals surface area contributed by atoms with Crippen LogP contribution < -0.4 is 9.47 Å². The molecule has 7 nitrogen and oxygen atoms in total. The third kappa shape index (κ3) is 15.3. The second-order valence-electron chi connectivity index (χ2n) is 9.98. The van der Waals surface area contributed by atoms with Crippen molar-refractivity contribution in [2.75, 3.05) is 19.8 Å². The van der Waals surface area contributed by atoms with E-state index >= 15 is 0 Å². The number of esters is 2. The van der Waals surface area contributed by atoms with Crippen molar-refractivity contribution in [1.82, 2.24) is 0 Å². The highest BCUT2D eigenvalue weighted by atomic mass is 16.6. The molecule has 0 heterocycles. The van der Waals surface area contributed by atoms with E-state index in [2.05, 4.69) is 6.58 Å². The van der Waals surface area contributed by atoms with Crippen LogP contribution in [0.1, 0.15) is 50.8 Å². The summed E-state index contributed by atoms with van der Waals surface area (Å²) in [7, 11) is 0. The molecule has 0 aromatic heterocycles. The van der Waals surface area contributed by atoms with Crippen LogP contribution in [0.5, 0.6) is 17.2 Å². The highest BCUT2D eigenvalue weighted by Crippen LogP contribution is 2.18. The average molecular weight is 599 g/mol.